The molecule has 136 valence electrons. The number of nitrogen functional groups attached to an aromatic ring is 1. The van der Waals surface area contributed by atoms with Crippen LogP contribution in [0.2, 0.25) is 0 Å². The Balaban J connectivity index is 1.88. The number of nitrogens with zero attached hydrogens (tertiary/aromatic N) is 1. The normalized spacial score (nSPS) is 12.0. The van der Waals surface area contributed by atoms with Gasteiger partial charge in [-0.05, 0) is 35.8 Å². The van der Waals surface area contributed by atoms with Crippen LogP contribution < -0.4 is 5.73 Å². The molecule has 0 spiro atoms. The number of hydrogen-bond acceptors (Lipinski definition) is 2. The van der Waals surface area contributed by atoms with E-state index in [9.17, 15) is 4.79 Å². The number of carbonyl (C=O) groups excluding carboxylic acids is 1. The lowest BCUT2D eigenvalue weighted by Crippen LogP contribution is -2.32. The Bertz CT molecular complexity index is 904. The van der Waals surface area contributed by atoms with Crippen molar-refractivity contribution in [1.29, 1.82) is 0 Å². The van der Waals surface area contributed by atoms with Gasteiger partial charge in [-0.2, -0.15) is 0 Å². The number of benzene rings is 3. The summed E-state index contributed by atoms with van der Waals surface area (Å²) in [6.45, 7) is 2.50. The minimum Gasteiger partial charge on any atom is -0.398 e. The van der Waals surface area contributed by atoms with Gasteiger partial charge in [0.25, 0.3) is 0 Å². The molecule has 0 heterocycles. The Morgan fingerprint density at radius 2 is 1.52 bits per heavy atom. The molecule has 1 atom stereocenters. The lowest BCUT2D eigenvalue weighted by molar-refractivity contribution is -0.128. The second-order valence-corrected chi connectivity index (χ2v) is 6.50. The summed E-state index contributed by atoms with van der Waals surface area (Å²) in [5.74, 6) is -0.0431. The monoisotopic (exact) mass is 356 g/mol. The molecule has 0 unspecified atom stereocenters. The molecule has 3 rings (SSSR count). The van der Waals surface area contributed by atoms with Crippen molar-refractivity contribution in [3.63, 3.8) is 0 Å². The first-order valence-corrected chi connectivity index (χ1v) is 9.07. The molecule has 0 saturated heterocycles. The Morgan fingerprint density at radius 1 is 0.926 bits per heavy atom. The molecule has 3 aromatic carbocycles. The molecule has 1 amide bonds. The van der Waals surface area contributed by atoms with E-state index in [4.69, 9.17) is 5.73 Å². The Labute approximate surface area is 160 Å². The van der Waals surface area contributed by atoms with Crippen LogP contribution in [0.15, 0.2) is 91.0 Å². The molecule has 3 heteroatoms. The molecule has 0 aliphatic heterocycles. The maximum atomic E-state index is 13.0. The van der Waals surface area contributed by atoms with Crippen LogP contribution in [-0.4, -0.2) is 10.8 Å². The highest BCUT2D eigenvalue weighted by molar-refractivity contribution is 5.92. The summed E-state index contributed by atoms with van der Waals surface area (Å²) in [5, 5.41) is 0. The van der Waals surface area contributed by atoms with Crippen molar-refractivity contribution in [2.75, 3.05) is 5.73 Å². The summed E-state index contributed by atoms with van der Waals surface area (Å²) in [6, 6.07) is 27.5. The number of anilines is 1. The van der Waals surface area contributed by atoms with Gasteiger partial charge in [-0.3, -0.25) is 4.79 Å². The Morgan fingerprint density at radius 3 is 2.19 bits per heavy atom. The van der Waals surface area contributed by atoms with Crippen LogP contribution in [0.3, 0.4) is 0 Å². The molecule has 0 fully saturated rings. The van der Waals surface area contributed by atoms with E-state index in [1.54, 1.807) is 6.08 Å². The molecule has 2 N–H and O–H groups in total. The highest BCUT2D eigenvalue weighted by Crippen LogP contribution is 2.24. The molecule has 0 aliphatic carbocycles. The van der Waals surface area contributed by atoms with Gasteiger partial charge in [0, 0.05) is 18.3 Å². The maximum Gasteiger partial charge on any atom is 0.247 e. The van der Waals surface area contributed by atoms with Crippen LogP contribution in [-0.2, 0) is 11.3 Å². The van der Waals surface area contributed by atoms with Crippen LogP contribution in [0.4, 0.5) is 5.69 Å². The number of amides is 1. The first-order valence-electron chi connectivity index (χ1n) is 9.07. The van der Waals surface area contributed by atoms with Crippen molar-refractivity contribution in [3.8, 4) is 0 Å². The largest absolute Gasteiger partial charge is 0.398 e. The molecule has 3 nitrogen and oxygen atoms in total. The third kappa shape index (κ3) is 4.85. The predicted molar refractivity (Wildman–Crippen MR) is 112 cm³/mol. The number of hydrogen-bond donors (Lipinski definition) is 1. The topological polar surface area (TPSA) is 46.3 Å². The molecule has 0 aromatic heterocycles. The van der Waals surface area contributed by atoms with E-state index in [0.717, 1.165) is 16.7 Å². The smallest absolute Gasteiger partial charge is 0.247 e. The van der Waals surface area contributed by atoms with Crippen molar-refractivity contribution in [1.82, 2.24) is 4.90 Å². The zero-order valence-corrected chi connectivity index (χ0v) is 15.5. The van der Waals surface area contributed by atoms with E-state index >= 15 is 0 Å². The highest BCUT2D eigenvalue weighted by Gasteiger charge is 2.20. The molecule has 0 radical (unpaired) electrons. The third-order valence-electron chi connectivity index (χ3n) is 4.65. The zero-order valence-electron chi connectivity index (χ0n) is 15.5. The van der Waals surface area contributed by atoms with Gasteiger partial charge in [-0.1, -0.05) is 78.9 Å². The van der Waals surface area contributed by atoms with Crippen LogP contribution in [0.1, 0.15) is 29.7 Å². The number of carbonyl (C=O) groups is 1. The molecule has 3 aromatic rings. The fourth-order valence-corrected chi connectivity index (χ4v) is 3.01. The molecule has 0 saturated carbocycles. The second kappa shape index (κ2) is 8.86. The van der Waals surface area contributed by atoms with Gasteiger partial charge in [0.15, 0.2) is 0 Å². The van der Waals surface area contributed by atoms with Crippen LogP contribution in [0.5, 0.6) is 0 Å². The quantitative estimate of drug-likeness (QED) is 0.495. The highest BCUT2D eigenvalue weighted by atomic mass is 16.2. The molecule has 0 aliphatic rings. The van der Waals surface area contributed by atoms with Crippen LogP contribution >= 0.6 is 0 Å². The third-order valence-corrected chi connectivity index (χ3v) is 4.65. The van der Waals surface area contributed by atoms with Crippen LogP contribution in [0.25, 0.3) is 6.08 Å². The molecule has 0 bridgehead atoms. The number of nitrogens with two attached hydrogens (primary N) is 1. The maximum absolute atomic E-state index is 13.0. The first kappa shape index (κ1) is 18.5. The minimum atomic E-state index is -0.0706. The fourth-order valence-electron chi connectivity index (χ4n) is 3.01. The van der Waals surface area contributed by atoms with Gasteiger partial charge in [-0.15, -0.1) is 0 Å². The zero-order chi connectivity index (χ0) is 19.1. The summed E-state index contributed by atoms with van der Waals surface area (Å²) < 4.78 is 0. The van der Waals surface area contributed by atoms with Gasteiger partial charge in [-0.25, -0.2) is 0 Å². The van der Waals surface area contributed by atoms with Gasteiger partial charge in [0.2, 0.25) is 5.91 Å². The van der Waals surface area contributed by atoms with E-state index in [-0.39, 0.29) is 11.9 Å². The van der Waals surface area contributed by atoms with E-state index in [2.05, 4.69) is 0 Å². The lowest BCUT2D eigenvalue weighted by Gasteiger charge is -2.29. The summed E-state index contributed by atoms with van der Waals surface area (Å²) in [4.78, 5) is 14.9. The van der Waals surface area contributed by atoms with Crippen molar-refractivity contribution >= 4 is 17.7 Å². The second-order valence-electron chi connectivity index (χ2n) is 6.50. The van der Waals surface area contributed by atoms with Gasteiger partial charge in [0.1, 0.15) is 0 Å². The van der Waals surface area contributed by atoms with Crippen molar-refractivity contribution in [2.24, 2.45) is 0 Å². The SMILES string of the molecule is C[C@@H](c1ccccc1)N(Cc1ccccc1N)C(=O)/C=C/c1ccccc1. The Kier molecular flexibility index (Phi) is 6.06. The van der Waals surface area contributed by atoms with Crippen molar-refractivity contribution in [2.45, 2.75) is 19.5 Å². The minimum absolute atomic E-state index is 0.0431. The summed E-state index contributed by atoms with van der Waals surface area (Å²) in [7, 11) is 0. The molecular formula is C24H24N2O. The molecular weight excluding hydrogens is 332 g/mol. The van der Waals surface area contributed by atoms with E-state index < -0.39 is 0 Å². The molecule has 27 heavy (non-hydrogen) atoms. The van der Waals surface area contributed by atoms with Crippen molar-refractivity contribution < 1.29 is 4.79 Å². The number of para-hydroxylation sites is 1. The lowest BCUT2D eigenvalue weighted by atomic mass is 10.0. The fraction of sp³-hybridized carbons (Fsp3) is 0.125. The van der Waals surface area contributed by atoms with E-state index in [0.29, 0.717) is 12.2 Å². The van der Waals surface area contributed by atoms with E-state index in [1.807, 2.05) is 103 Å². The van der Waals surface area contributed by atoms with Crippen LogP contribution in [0, 0.1) is 0 Å². The predicted octanol–water partition coefficient (Wildman–Crippen LogP) is 5.07. The average Bonchev–Trinajstić information content (AvgIpc) is 2.72. The number of rotatable bonds is 6. The standard InChI is InChI=1S/C24H24N2O/c1-19(21-12-6-3-7-13-21)26(18-22-14-8-9-15-23(22)25)24(27)17-16-20-10-4-2-5-11-20/h2-17,19H,18,25H2,1H3/b17-16+/t19-/m0/s1. The summed E-state index contributed by atoms with van der Waals surface area (Å²) >= 11 is 0. The van der Waals surface area contributed by atoms with E-state index in [1.165, 1.54) is 0 Å². The van der Waals surface area contributed by atoms with Gasteiger partial charge in [0.05, 0.1) is 6.04 Å². The first-order chi connectivity index (χ1) is 13.1. The summed E-state index contributed by atoms with van der Waals surface area (Å²) in [6.07, 6.45) is 3.48. The average molecular weight is 356 g/mol. The summed E-state index contributed by atoms with van der Waals surface area (Å²) in [5.41, 5.74) is 9.85. The van der Waals surface area contributed by atoms with Gasteiger partial charge >= 0.3 is 0 Å². The van der Waals surface area contributed by atoms with Gasteiger partial charge < -0.3 is 10.6 Å². The van der Waals surface area contributed by atoms with Crippen molar-refractivity contribution in [3.05, 3.63) is 108 Å². The Hall–Kier alpha value is -3.33.